The number of hydrogen-bond donors (Lipinski definition) is 1. The van der Waals surface area contributed by atoms with Crippen LogP contribution in [-0.2, 0) is 0 Å². The number of amides is 2. The molecule has 0 radical (unpaired) electrons. The lowest BCUT2D eigenvalue weighted by Crippen LogP contribution is -2.47. The molecule has 5 nitrogen and oxygen atoms in total. The van der Waals surface area contributed by atoms with E-state index in [1.807, 2.05) is 27.7 Å². The van der Waals surface area contributed by atoms with Gasteiger partial charge in [0.25, 0.3) is 0 Å². The van der Waals surface area contributed by atoms with Gasteiger partial charge in [0, 0.05) is 12.1 Å². The number of nitrogens with one attached hydrogen (secondary N) is 1. The Kier molecular flexibility index (Phi) is 3.80. The Bertz CT molecular complexity index is 385. The molecule has 0 aliphatic heterocycles. The second-order valence-electron chi connectivity index (χ2n) is 5.04. The van der Waals surface area contributed by atoms with Gasteiger partial charge >= 0.3 is 6.03 Å². The summed E-state index contributed by atoms with van der Waals surface area (Å²) in [6, 6.07) is -0.130. The molecule has 0 aromatic carbocycles. The first-order valence-electron chi connectivity index (χ1n) is 5.78. The number of hydrogen-bond acceptors (Lipinski definition) is 3. The van der Waals surface area contributed by atoms with Gasteiger partial charge in [0.1, 0.15) is 11.4 Å². The molecule has 1 aromatic heterocycles. The van der Waals surface area contributed by atoms with Crippen LogP contribution in [0.15, 0.2) is 4.52 Å². The zero-order valence-electron chi connectivity index (χ0n) is 11.4. The molecule has 1 rings (SSSR count). The van der Waals surface area contributed by atoms with Crippen LogP contribution in [-0.4, -0.2) is 28.2 Å². The fourth-order valence-corrected chi connectivity index (χ4v) is 1.76. The Morgan fingerprint density at radius 2 is 2.00 bits per heavy atom. The van der Waals surface area contributed by atoms with Crippen molar-refractivity contribution in [2.75, 3.05) is 11.9 Å². The first kappa shape index (κ1) is 13.5. The minimum absolute atomic E-state index is 0.130. The Balaban J connectivity index is 2.85. The SMILES string of the molecule is CCN(C(=O)Nc1c(C)noc1C)C(C)(C)C. The Labute approximate surface area is 102 Å². The maximum absolute atomic E-state index is 12.1. The molecule has 0 aliphatic carbocycles. The zero-order valence-corrected chi connectivity index (χ0v) is 11.4. The van der Waals surface area contributed by atoms with E-state index in [4.69, 9.17) is 4.52 Å². The van der Waals surface area contributed by atoms with Gasteiger partial charge in [0.05, 0.1) is 0 Å². The third-order valence-corrected chi connectivity index (χ3v) is 2.64. The molecular formula is C12H21N3O2. The average Bonchev–Trinajstić information content (AvgIpc) is 2.48. The fraction of sp³-hybridized carbons (Fsp3) is 0.667. The predicted molar refractivity (Wildman–Crippen MR) is 67.1 cm³/mol. The standard InChI is InChI=1S/C12H21N3O2/c1-7-15(12(4,5)6)11(16)13-10-8(2)14-17-9(10)3/h7H2,1-6H3,(H,13,16). The van der Waals surface area contributed by atoms with Gasteiger partial charge in [-0.25, -0.2) is 4.79 Å². The average molecular weight is 239 g/mol. The highest BCUT2D eigenvalue weighted by Crippen LogP contribution is 2.21. The minimum Gasteiger partial charge on any atom is -0.359 e. The molecule has 1 aromatic rings. The summed E-state index contributed by atoms with van der Waals surface area (Å²) in [4.78, 5) is 13.9. The molecule has 0 fully saturated rings. The van der Waals surface area contributed by atoms with Crippen molar-refractivity contribution < 1.29 is 9.32 Å². The van der Waals surface area contributed by atoms with Gasteiger partial charge in [0.2, 0.25) is 0 Å². The normalized spacial score (nSPS) is 11.4. The summed E-state index contributed by atoms with van der Waals surface area (Å²) in [6.07, 6.45) is 0. The van der Waals surface area contributed by atoms with Gasteiger partial charge < -0.3 is 14.7 Å². The highest BCUT2D eigenvalue weighted by Gasteiger charge is 2.26. The molecule has 0 atom stereocenters. The second kappa shape index (κ2) is 4.77. The van der Waals surface area contributed by atoms with Gasteiger partial charge in [-0.1, -0.05) is 5.16 Å². The fourth-order valence-electron chi connectivity index (χ4n) is 1.76. The van der Waals surface area contributed by atoms with Gasteiger partial charge in [-0.2, -0.15) is 0 Å². The quantitative estimate of drug-likeness (QED) is 0.863. The largest absolute Gasteiger partial charge is 0.359 e. The van der Waals surface area contributed by atoms with Crippen molar-refractivity contribution in [3.8, 4) is 0 Å². The predicted octanol–water partition coefficient (Wildman–Crippen LogP) is 2.94. The number of rotatable bonds is 2. The molecular weight excluding hydrogens is 218 g/mol. The molecule has 0 bridgehead atoms. The Hall–Kier alpha value is -1.52. The van der Waals surface area contributed by atoms with Gasteiger partial charge in [-0.05, 0) is 41.5 Å². The van der Waals surface area contributed by atoms with Crippen LogP contribution < -0.4 is 5.32 Å². The van der Waals surface area contributed by atoms with Crippen LogP contribution in [0.4, 0.5) is 10.5 Å². The summed E-state index contributed by atoms with van der Waals surface area (Å²) < 4.78 is 5.01. The number of anilines is 1. The van der Waals surface area contributed by atoms with Crippen LogP contribution in [0.5, 0.6) is 0 Å². The van der Waals surface area contributed by atoms with Crippen molar-refractivity contribution in [1.82, 2.24) is 10.1 Å². The Morgan fingerprint density at radius 1 is 1.41 bits per heavy atom. The summed E-state index contributed by atoms with van der Waals surface area (Å²) in [5, 5.41) is 6.66. The molecule has 2 amide bonds. The summed E-state index contributed by atoms with van der Waals surface area (Å²) in [6.45, 7) is 12.2. The second-order valence-corrected chi connectivity index (χ2v) is 5.04. The number of aryl methyl sites for hydroxylation is 2. The van der Waals surface area contributed by atoms with E-state index >= 15 is 0 Å². The lowest BCUT2D eigenvalue weighted by molar-refractivity contribution is 0.162. The van der Waals surface area contributed by atoms with Crippen molar-refractivity contribution in [2.45, 2.75) is 47.1 Å². The molecule has 0 saturated carbocycles. The first-order chi connectivity index (χ1) is 7.77. The molecule has 0 spiro atoms. The summed E-state index contributed by atoms with van der Waals surface area (Å²) in [5.74, 6) is 0.626. The number of aromatic nitrogens is 1. The van der Waals surface area contributed by atoms with E-state index in [1.165, 1.54) is 0 Å². The minimum atomic E-state index is -0.211. The lowest BCUT2D eigenvalue weighted by atomic mass is 10.1. The maximum atomic E-state index is 12.1. The van der Waals surface area contributed by atoms with E-state index in [9.17, 15) is 4.79 Å². The zero-order chi connectivity index (χ0) is 13.2. The highest BCUT2D eigenvalue weighted by atomic mass is 16.5. The van der Waals surface area contributed by atoms with Crippen molar-refractivity contribution in [2.24, 2.45) is 0 Å². The van der Waals surface area contributed by atoms with Crippen LogP contribution in [0, 0.1) is 13.8 Å². The van der Waals surface area contributed by atoms with Crippen molar-refractivity contribution in [1.29, 1.82) is 0 Å². The molecule has 5 heteroatoms. The van der Waals surface area contributed by atoms with Gasteiger partial charge in [-0.15, -0.1) is 0 Å². The first-order valence-corrected chi connectivity index (χ1v) is 5.78. The van der Waals surface area contributed by atoms with Gasteiger partial charge in [-0.3, -0.25) is 0 Å². The van der Waals surface area contributed by atoms with E-state index in [0.717, 1.165) is 0 Å². The van der Waals surface area contributed by atoms with E-state index in [2.05, 4.69) is 10.5 Å². The topological polar surface area (TPSA) is 58.4 Å². The number of carbonyl (C=O) groups excluding carboxylic acids is 1. The molecule has 1 N–H and O–H groups in total. The lowest BCUT2D eigenvalue weighted by Gasteiger charge is -2.34. The molecule has 96 valence electrons. The maximum Gasteiger partial charge on any atom is 0.322 e. The molecule has 17 heavy (non-hydrogen) atoms. The van der Waals surface area contributed by atoms with Crippen LogP contribution in [0.2, 0.25) is 0 Å². The van der Waals surface area contributed by atoms with Gasteiger partial charge in [0.15, 0.2) is 5.76 Å². The Morgan fingerprint density at radius 3 is 2.35 bits per heavy atom. The van der Waals surface area contributed by atoms with Crippen molar-refractivity contribution in [3.63, 3.8) is 0 Å². The van der Waals surface area contributed by atoms with E-state index in [-0.39, 0.29) is 11.6 Å². The highest BCUT2D eigenvalue weighted by molar-refractivity contribution is 5.90. The number of carbonyl (C=O) groups is 1. The summed E-state index contributed by atoms with van der Waals surface area (Å²) in [5.41, 5.74) is 1.15. The smallest absolute Gasteiger partial charge is 0.322 e. The van der Waals surface area contributed by atoms with Crippen LogP contribution in [0.1, 0.15) is 39.1 Å². The molecule has 0 aliphatic rings. The van der Waals surface area contributed by atoms with Crippen molar-refractivity contribution in [3.05, 3.63) is 11.5 Å². The van der Waals surface area contributed by atoms with Crippen LogP contribution >= 0.6 is 0 Å². The van der Waals surface area contributed by atoms with E-state index < -0.39 is 0 Å². The number of nitrogens with zero attached hydrogens (tertiary/aromatic N) is 2. The van der Waals surface area contributed by atoms with E-state index in [1.54, 1.807) is 18.7 Å². The van der Waals surface area contributed by atoms with Crippen LogP contribution in [0.25, 0.3) is 0 Å². The van der Waals surface area contributed by atoms with Crippen LogP contribution in [0.3, 0.4) is 0 Å². The van der Waals surface area contributed by atoms with Crippen molar-refractivity contribution >= 4 is 11.7 Å². The summed E-state index contributed by atoms with van der Waals surface area (Å²) >= 11 is 0. The molecule has 0 unspecified atom stereocenters. The van der Waals surface area contributed by atoms with E-state index in [0.29, 0.717) is 23.7 Å². The molecule has 1 heterocycles. The summed E-state index contributed by atoms with van der Waals surface area (Å²) in [7, 11) is 0. The number of urea groups is 1. The third-order valence-electron chi connectivity index (χ3n) is 2.64. The third kappa shape index (κ3) is 2.99. The molecule has 0 saturated heterocycles. The monoisotopic (exact) mass is 239 g/mol.